The maximum atomic E-state index is 12.0. The fourth-order valence-corrected chi connectivity index (χ4v) is 2.79. The van der Waals surface area contributed by atoms with Crippen molar-refractivity contribution >= 4 is 11.9 Å². The molecule has 6 nitrogen and oxygen atoms in total. The van der Waals surface area contributed by atoms with Crippen LogP contribution in [0.5, 0.6) is 5.75 Å². The van der Waals surface area contributed by atoms with Crippen LogP contribution in [-0.4, -0.2) is 45.0 Å². The lowest BCUT2D eigenvalue weighted by atomic mass is 9.91. The van der Waals surface area contributed by atoms with Gasteiger partial charge in [-0.3, -0.25) is 4.79 Å². The predicted molar refractivity (Wildman–Crippen MR) is 142 cm³/mol. The molecule has 6 heteroatoms. The summed E-state index contributed by atoms with van der Waals surface area (Å²) in [6, 6.07) is 15.1. The molecule has 0 heterocycles. The second-order valence-corrected chi connectivity index (χ2v) is 8.43. The molecule has 0 spiro atoms. The Kier molecular flexibility index (Phi) is 15.3. The van der Waals surface area contributed by atoms with Crippen molar-refractivity contribution < 1.29 is 28.5 Å². The summed E-state index contributed by atoms with van der Waals surface area (Å²) in [5.74, 6) is 0.255. The zero-order valence-electron chi connectivity index (χ0n) is 20.2. The first-order chi connectivity index (χ1) is 15.9. The molecule has 196 valence electrons. The van der Waals surface area contributed by atoms with Crippen LogP contribution in [0.1, 0.15) is 72.2 Å². The van der Waals surface area contributed by atoms with Crippen LogP contribution in [-0.2, 0) is 19.0 Å². The Morgan fingerprint density at radius 2 is 1.31 bits per heavy atom. The van der Waals surface area contributed by atoms with Gasteiger partial charge < -0.3 is 18.9 Å². The zero-order chi connectivity index (χ0) is 24.1. The molecule has 0 saturated heterocycles. The smallest absolute Gasteiger partial charge is 0.338 e. The van der Waals surface area contributed by atoms with Crippen molar-refractivity contribution in [2.24, 2.45) is 5.41 Å². The minimum atomic E-state index is -0.461. The third-order valence-corrected chi connectivity index (χ3v) is 5.43. The summed E-state index contributed by atoms with van der Waals surface area (Å²) >= 11 is 0. The Morgan fingerprint density at radius 3 is 1.89 bits per heavy atom. The van der Waals surface area contributed by atoms with E-state index in [1.807, 2.05) is 57.2 Å². The molecule has 0 bridgehead atoms. The summed E-state index contributed by atoms with van der Waals surface area (Å²) < 4.78 is 21.6. The molecule has 0 aliphatic heterocycles. The van der Waals surface area contributed by atoms with Crippen molar-refractivity contribution in [2.45, 2.75) is 61.8 Å². The molecule has 0 unspecified atom stereocenters. The lowest BCUT2D eigenvalue weighted by Crippen LogP contribution is -2.27. The van der Waals surface area contributed by atoms with Crippen molar-refractivity contribution in [3.05, 3.63) is 54.1 Å². The molecule has 0 aromatic heterocycles. The van der Waals surface area contributed by atoms with Crippen LogP contribution in [0.3, 0.4) is 0 Å². The summed E-state index contributed by atoms with van der Waals surface area (Å²) in [6.07, 6.45) is 2.60. The van der Waals surface area contributed by atoms with Gasteiger partial charge in [-0.25, -0.2) is 4.79 Å². The molecule has 0 N–H and O–H groups in total. The molecule has 35 heavy (non-hydrogen) atoms. The van der Waals surface area contributed by atoms with E-state index >= 15 is 0 Å². The van der Waals surface area contributed by atoms with E-state index in [2.05, 4.69) is 6.92 Å². The van der Waals surface area contributed by atoms with Crippen molar-refractivity contribution in [1.29, 1.82) is 0 Å². The summed E-state index contributed by atoms with van der Waals surface area (Å²) in [4.78, 5) is 23.9. The molecule has 0 amide bonds. The molecule has 0 aliphatic rings. The quantitative estimate of drug-likeness (QED) is 0.211. The fourth-order valence-electron chi connectivity index (χ4n) is 2.79. The van der Waals surface area contributed by atoms with Crippen molar-refractivity contribution in [1.82, 2.24) is 0 Å². The number of esters is 2. The molecular formula is C29H44O6. The maximum Gasteiger partial charge on any atom is 0.338 e. The number of hydrogen-bond donors (Lipinski definition) is 0. The van der Waals surface area contributed by atoms with E-state index in [0.29, 0.717) is 32.0 Å². The number of ether oxygens (including phenoxy) is 4. The lowest BCUT2D eigenvalue weighted by Gasteiger charge is -2.20. The Hall–Kier alpha value is -2.86. The number of benzene rings is 2. The molecular weight excluding hydrogens is 444 g/mol. The third-order valence-electron chi connectivity index (χ3n) is 5.43. The van der Waals surface area contributed by atoms with Gasteiger partial charge in [0.25, 0.3) is 0 Å². The Bertz CT molecular complexity index is 856. The van der Waals surface area contributed by atoms with Gasteiger partial charge in [0.15, 0.2) is 0 Å². The SMILES string of the molecule is C.C.CCCCOC(=O)c1ccc(-c2ccc(OCCOCCOC(=O)C(C)(C)CC)cc2)cc1. The molecule has 0 saturated carbocycles. The van der Waals surface area contributed by atoms with Gasteiger partial charge in [0.2, 0.25) is 0 Å². The highest BCUT2D eigenvalue weighted by molar-refractivity contribution is 5.90. The molecule has 0 aliphatic carbocycles. The highest BCUT2D eigenvalue weighted by Crippen LogP contribution is 2.23. The third kappa shape index (κ3) is 11.0. The first-order valence-electron chi connectivity index (χ1n) is 11.6. The van der Waals surface area contributed by atoms with Crippen LogP contribution in [0.4, 0.5) is 0 Å². The van der Waals surface area contributed by atoms with Crippen LogP contribution in [0.25, 0.3) is 11.1 Å². The average Bonchev–Trinajstić information content (AvgIpc) is 2.83. The summed E-state index contributed by atoms with van der Waals surface area (Å²) in [6.45, 7) is 9.62. The molecule has 2 aromatic carbocycles. The van der Waals surface area contributed by atoms with Gasteiger partial charge in [0, 0.05) is 0 Å². The van der Waals surface area contributed by atoms with Gasteiger partial charge in [0.1, 0.15) is 19.0 Å². The van der Waals surface area contributed by atoms with Gasteiger partial charge in [0.05, 0.1) is 30.8 Å². The van der Waals surface area contributed by atoms with E-state index in [4.69, 9.17) is 18.9 Å². The number of carbonyl (C=O) groups excluding carboxylic acids is 2. The van der Waals surface area contributed by atoms with Gasteiger partial charge in [-0.15, -0.1) is 0 Å². The second kappa shape index (κ2) is 16.7. The standard InChI is InChI=1S/C27H36O6.2CH4/c1-5-7-16-32-25(28)23-10-8-21(9-11-23)22-12-14-24(15-13-22)31-19-17-30-18-20-33-26(29)27(3,4)6-2;;/h8-15H,5-7,16-20H2,1-4H3;2*1H4. The van der Waals surface area contributed by atoms with Crippen LogP contribution in [0.15, 0.2) is 48.5 Å². The maximum absolute atomic E-state index is 12.0. The van der Waals surface area contributed by atoms with Crippen LogP contribution >= 0.6 is 0 Å². The predicted octanol–water partition coefficient (Wildman–Crippen LogP) is 6.96. The Morgan fingerprint density at radius 1 is 0.743 bits per heavy atom. The van der Waals surface area contributed by atoms with E-state index in [9.17, 15) is 9.59 Å². The number of rotatable bonds is 14. The highest BCUT2D eigenvalue weighted by atomic mass is 16.6. The largest absolute Gasteiger partial charge is 0.491 e. The van der Waals surface area contributed by atoms with Gasteiger partial charge in [-0.2, -0.15) is 0 Å². The Labute approximate surface area is 211 Å². The van der Waals surface area contributed by atoms with E-state index < -0.39 is 5.41 Å². The van der Waals surface area contributed by atoms with Crippen LogP contribution in [0, 0.1) is 5.41 Å². The first-order valence-corrected chi connectivity index (χ1v) is 11.6. The highest BCUT2D eigenvalue weighted by Gasteiger charge is 2.26. The van der Waals surface area contributed by atoms with E-state index in [1.165, 1.54) is 0 Å². The number of unbranched alkanes of at least 4 members (excludes halogenated alkanes) is 1. The Balaban J connectivity index is 0.00000578. The summed E-state index contributed by atoms with van der Waals surface area (Å²) in [7, 11) is 0. The average molecular weight is 489 g/mol. The van der Waals surface area contributed by atoms with Gasteiger partial charge in [-0.05, 0) is 62.1 Å². The van der Waals surface area contributed by atoms with Gasteiger partial charge >= 0.3 is 11.9 Å². The molecule has 0 fully saturated rings. The second-order valence-electron chi connectivity index (χ2n) is 8.43. The molecule has 2 aromatic rings. The minimum absolute atomic E-state index is 0. The summed E-state index contributed by atoms with van der Waals surface area (Å²) in [5, 5.41) is 0. The van der Waals surface area contributed by atoms with E-state index in [0.717, 1.165) is 36.1 Å². The monoisotopic (exact) mass is 488 g/mol. The number of carbonyl (C=O) groups is 2. The van der Waals surface area contributed by atoms with Crippen molar-refractivity contribution in [3.63, 3.8) is 0 Å². The fraction of sp³-hybridized carbons (Fsp3) is 0.517. The molecule has 2 rings (SSSR count). The minimum Gasteiger partial charge on any atom is -0.491 e. The van der Waals surface area contributed by atoms with Crippen LogP contribution < -0.4 is 4.74 Å². The molecule has 0 radical (unpaired) electrons. The van der Waals surface area contributed by atoms with Gasteiger partial charge in [-0.1, -0.05) is 59.4 Å². The topological polar surface area (TPSA) is 71.1 Å². The zero-order valence-corrected chi connectivity index (χ0v) is 20.2. The normalized spacial score (nSPS) is 10.5. The molecule has 0 atom stereocenters. The first kappa shape index (κ1) is 32.1. The number of hydrogen-bond acceptors (Lipinski definition) is 6. The van der Waals surface area contributed by atoms with E-state index in [-0.39, 0.29) is 33.4 Å². The van der Waals surface area contributed by atoms with Crippen molar-refractivity contribution in [2.75, 3.05) is 33.0 Å². The van der Waals surface area contributed by atoms with Crippen molar-refractivity contribution in [3.8, 4) is 16.9 Å². The van der Waals surface area contributed by atoms with E-state index in [1.54, 1.807) is 12.1 Å². The lowest BCUT2D eigenvalue weighted by molar-refractivity contribution is -0.155. The van der Waals surface area contributed by atoms with Crippen LogP contribution in [0.2, 0.25) is 0 Å². The summed E-state index contributed by atoms with van der Waals surface area (Å²) in [5.41, 5.74) is 2.13.